The molecule has 3 heterocycles. The maximum Gasteiger partial charge on any atom is 0.290 e. The van der Waals surface area contributed by atoms with Gasteiger partial charge in [0.15, 0.2) is 16.9 Å². The lowest BCUT2D eigenvalue weighted by molar-refractivity contribution is 0.0353. The van der Waals surface area contributed by atoms with Gasteiger partial charge in [0.2, 0.25) is 5.76 Å². The molecular weight excluding hydrogens is 491 g/mol. The minimum Gasteiger partial charge on any atom is -0.490 e. The van der Waals surface area contributed by atoms with Crippen molar-refractivity contribution in [3.05, 3.63) is 69.3 Å². The molecule has 3 aromatic rings. The number of halogens is 1. The number of morpholine rings is 1. The van der Waals surface area contributed by atoms with Crippen molar-refractivity contribution < 1.29 is 27.8 Å². The smallest absolute Gasteiger partial charge is 0.290 e. The van der Waals surface area contributed by atoms with E-state index in [1.165, 1.54) is 12.1 Å². The quantitative estimate of drug-likeness (QED) is 0.389. The Balaban J connectivity index is 1.55. The monoisotopic (exact) mass is 524 g/mol. The van der Waals surface area contributed by atoms with Crippen LogP contribution in [0.25, 0.3) is 11.0 Å². The Morgan fingerprint density at radius 1 is 1.00 bits per heavy atom. The molecule has 2 aliphatic rings. The number of fused-ring (bicyclic) bond motifs is 2. The van der Waals surface area contributed by atoms with E-state index in [1.807, 2.05) is 32.0 Å². The first-order chi connectivity index (χ1) is 18.5. The van der Waals surface area contributed by atoms with Crippen LogP contribution in [0.5, 0.6) is 11.5 Å². The van der Waals surface area contributed by atoms with Crippen LogP contribution >= 0.6 is 0 Å². The lowest BCUT2D eigenvalue weighted by atomic mass is 9.98. The highest BCUT2D eigenvalue weighted by Gasteiger charge is 2.42. The van der Waals surface area contributed by atoms with E-state index < -0.39 is 17.3 Å². The van der Waals surface area contributed by atoms with Crippen molar-refractivity contribution in [3.8, 4) is 11.5 Å². The molecule has 202 valence electrons. The van der Waals surface area contributed by atoms with Crippen molar-refractivity contribution in [2.75, 3.05) is 52.6 Å². The highest BCUT2D eigenvalue weighted by molar-refractivity contribution is 5.99. The molecule has 8 nitrogen and oxygen atoms in total. The summed E-state index contributed by atoms with van der Waals surface area (Å²) < 4.78 is 37.2. The van der Waals surface area contributed by atoms with Gasteiger partial charge in [0.25, 0.3) is 5.91 Å². The lowest BCUT2D eigenvalue weighted by Gasteiger charge is -2.29. The van der Waals surface area contributed by atoms with Gasteiger partial charge in [-0.1, -0.05) is 13.0 Å². The highest BCUT2D eigenvalue weighted by Crippen LogP contribution is 2.41. The molecule has 1 aromatic heterocycles. The largest absolute Gasteiger partial charge is 0.490 e. The Morgan fingerprint density at radius 2 is 1.82 bits per heavy atom. The van der Waals surface area contributed by atoms with Crippen LogP contribution in [-0.4, -0.2) is 68.3 Å². The summed E-state index contributed by atoms with van der Waals surface area (Å²) in [5, 5.41) is 0.115. The van der Waals surface area contributed by atoms with E-state index in [0.29, 0.717) is 56.5 Å². The van der Waals surface area contributed by atoms with Gasteiger partial charge in [-0.2, -0.15) is 0 Å². The first-order valence-electron chi connectivity index (χ1n) is 13.3. The summed E-state index contributed by atoms with van der Waals surface area (Å²) in [6.07, 6.45) is 1.56. The topological polar surface area (TPSA) is 81.5 Å². The third-order valence-electron chi connectivity index (χ3n) is 6.95. The standard InChI is InChI=1S/C29H33FN2O6/c1-3-14-37-23-8-6-19(17-24(23)36-4-2)26-25-27(33)21-18-20(30)7-9-22(21)38-28(25)29(34)32(26)11-5-10-31-12-15-35-16-13-31/h6-9,17-18,26H,3-5,10-16H2,1-2H3. The van der Waals surface area contributed by atoms with Crippen molar-refractivity contribution in [2.24, 2.45) is 0 Å². The zero-order valence-corrected chi connectivity index (χ0v) is 21.8. The summed E-state index contributed by atoms with van der Waals surface area (Å²) in [6, 6.07) is 8.58. The van der Waals surface area contributed by atoms with Gasteiger partial charge in [0.05, 0.1) is 43.4 Å². The number of rotatable bonds is 10. The molecule has 0 aliphatic carbocycles. The Bertz CT molecular complexity index is 1370. The molecule has 1 fully saturated rings. The summed E-state index contributed by atoms with van der Waals surface area (Å²) in [7, 11) is 0. The van der Waals surface area contributed by atoms with Crippen LogP contribution in [0.2, 0.25) is 0 Å². The fourth-order valence-electron chi connectivity index (χ4n) is 5.15. The predicted molar refractivity (Wildman–Crippen MR) is 141 cm³/mol. The molecular formula is C29H33FN2O6. The maximum atomic E-state index is 14.1. The van der Waals surface area contributed by atoms with E-state index in [0.717, 1.165) is 32.1 Å². The van der Waals surface area contributed by atoms with Gasteiger partial charge in [-0.05, 0) is 55.7 Å². The zero-order valence-electron chi connectivity index (χ0n) is 21.8. The van der Waals surface area contributed by atoms with E-state index >= 15 is 0 Å². The van der Waals surface area contributed by atoms with E-state index in [2.05, 4.69) is 4.90 Å². The first kappa shape index (κ1) is 26.2. The summed E-state index contributed by atoms with van der Waals surface area (Å²) in [5.41, 5.74) is 0.720. The first-order valence-corrected chi connectivity index (χ1v) is 13.3. The summed E-state index contributed by atoms with van der Waals surface area (Å²) in [4.78, 5) is 31.4. The highest BCUT2D eigenvalue weighted by atomic mass is 19.1. The molecule has 0 saturated carbocycles. The van der Waals surface area contributed by atoms with E-state index in [-0.39, 0.29) is 28.2 Å². The molecule has 2 aromatic carbocycles. The molecule has 0 radical (unpaired) electrons. The summed E-state index contributed by atoms with van der Waals surface area (Å²) in [5.74, 6) is 0.274. The van der Waals surface area contributed by atoms with Gasteiger partial charge in [0.1, 0.15) is 11.4 Å². The van der Waals surface area contributed by atoms with Gasteiger partial charge >= 0.3 is 0 Å². The number of carbonyl (C=O) groups is 1. The summed E-state index contributed by atoms with van der Waals surface area (Å²) in [6.45, 7) is 9.22. The molecule has 1 atom stereocenters. The van der Waals surface area contributed by atoms with Gasteiger partial charge < -0.3 is 23.5 Å². The van der Waals surface area contributed by atoms with Crippen molar-refractivity contribution >= 4 is 16.9 Å². The molecule has 38 heavy (non-hydrogen) atoms. The number of ether oxygens (including phenoxy) is 3. The second-order valence-electron chi connectivity index (χ2n) is 9.51. The predicted octanol–water partition coefficient (Wildman–Crippen LogP) is 4.39. The van der Waals surface area contributed by atoms with Crippen molar-refractivity contribution in [1.29, 1.82) is 0 Å². The van der Waals surface area contributed by atoms with Gasteiger partial charge in [-0.15, -0.1) is 0 Å². The summed E-state index contributed by atoms with van der Waals surface area (Å²) >= 11 is 0. The van der Waals surface area contributed by atoms with Crippen LogP contribution in [0.3, 0.4) is 0 Å². The van der Waals surface area contributed by atoms with Crippen molar-refractivity contribution in [2.45, 2.75) is 32.7 Å². The van der Waals surface area contributed by atoms with Crippen LogP contribution < -0.4 is 14.9 Å². The molecule has 2 aliphatic heterocycles. The second kappa shape index (κ2) is 11.5. The third-order valence-corrected chi connectivity index (χ3v) is 6.95. The molecule has 1 unspecified atom stereocenters. The number of nitrogens with zero attached hydrogens (tertiary/aromatic N) is 2. The van der Waals surface area contributed by atoms with Gasteiger partial charge in [-0.25, -0.2) is 4.39 Å². The Labute approximate surface area is 220 Å². The third kappa shape index (κ3) is 5.13. The maximum absolute atomic E-state index is 14.1. The fourth-order valence-corrected chi connectivity index (χ4v) is 5.15. The Hall–Kier alpha value is -3.43. The molecule has 0 spiro atoms. The van der Waals surface area contributed by atoms with Crippen molar-refractivity contribution in [1.82, 2.24) is 9.80 Å². The van der Waals surface area contributed by atoms with Crippen LogP contribution in [0.4, 0.5) is 4.39 Å². The molecule has 1 amide bonds. The zero-order chi connectivity index (χ0) is 26.6. The normalized spacial score (nSPS) is 17.7. The number of benzene rings is 2. The van der Waals surface area contributed by atoms with E-state index in [4.69, 9.17) is 18.6 Å². The Morgan fingerprint density at radius 3 is 2.58 bits per heavy atom. The average molecular weight is 525 g/mol. The number of amides is 1. The SMILES string of the molecule is CCCOc1ccc(C2c3c(oc4ccc(F)cc4c3=O)C(=O)N2CCCN2CCOCC2)cc1OCC. The van der Waals surface area contributed by atoms with Crippen LogP contribution in [-0.2, 0) is 4.74 Å². The second-order valence-corrected chi connectivity index (χ2v) is 9.51. The Kier molecular flexibility index (Phi) is 7.95. The minimum atomic E-state index is -0.689. The van der Waals surface area contributed by atoms with Gasteiger partial charge in [0, 0.05) is 26.2 Å². The molecule has 5 rings (SSSR count). The van der Waals surface area contributed by atoms with E-state index in [1.54, 1.807) is 4.90 Å². The molecule has 0 bridgehead atoms. The fraction of sp³-hybridized carbons (Fsp3) is 0.448. The van der Waals surface area contributed by atoms with E-state index in [9.17, 15) is 14.0 Å². The minimum absolute atomic E-state index is 0.00903. The van der Waals surface area contributed by atoms with Crippen LogP contribution in [0, 0.1) is 5.82 Å². The molecule has 1 saturated heterocycles. The van der Waals surface area contributed by atoms with Crippen LogP contribution in [0.15, 0.2) is 45.6 Å². The molecule has 0 N–H and O–H groups in total. The number of hydrogen-bond acceptors (Lipinski definition) is 7. The lowest BCUT2D eigenvalue weighted by Crippen LogP contribution is -2.38. The number of carbonyl (C=O) groups excluding carboxylic acids is 1. The van der Waals surface area contributed by atoms with Crippen molar-refractivity contribution in [3.63, 3.8) is 0 Å². The molecule has 9 heteroatoms. The van der Waals surface area contributed by atoms with Gasteiger partial charge in [-0.3, -0.25) is 14.5 Å². The van der Waals surface area contributed by atoms with Crippen LogP contribution in [0.1, 0.15) is 54.4 Å². The average Bonchev–Trinajstić information content (AvgIpc) is 3.20. The number of hydrogen-bond donors (Lipinski definition) is 0.